The fourth-order valence-corrected chi connectivity index (χ4v) is 2.61. The van der Waals surface area contributed by atoms with Crippen molar-refractivity contribution in [3.63, 3.8) is 0 Å². The van der Waals surface area contributed by atoms with Crippen molar-refractivity contribution in [1.82, 2.24) is 10.6 Å². The Morgan fingerprint density at radius 3 is 2.91 bits per heavy atom. The van der Waals surface area contributed by atoms with Crippen LogP contribution in [0.4, 0.5) is 0 Å². The minimum Gasteiger partial charge on any atom is -0.493 e. The molecular formula is C17H22IN3O2. The molecule has 1 aromatic heterocycles. The van der Waals surface area contributed by atoms with Gasteiger partial charge >= 0.3 is 0 Å². The lowest BCUT2D eigenvalue weighted by Crippen LogP contribution is -2.41. The maximum Gasteiger partial charge on any atom is 0.191 e. The van der Waals surface area contributed by atoms with E-state index in [0.717, 1.165) is 43.5 Å². The van der Waals surface area contributed by atoms with Crippen LogP contribution in [0.5, 0.6) is 5.75 Å². The molecule has 2 N–H and O–H groups in total. The van der Waals surface area contributed by atoms with Gasteiger partial charge in [-0.3, -0.25) is 4.99 Å². The van der Waals surface area contributed by atoms with Crippen LogP contribution in [0.25, 0.3) is 0 Å². The molecule has 0 spiro atoms. The molecule has 1 aliphatic heterocycles. The molecule has 1 aliphatic rings. The van der Waals surface area contributed by atoms with Crippen LogP contribution in [0.15, 0.2) is 52.1 Å². The number of furan rings is 1. The molecule has 3 rings (SSSR count). The highest BCUT2D eigenvalue weighted by atomic mass is 127. The molecule has 2 aromatic rings. The van der Waals surface area contributed by atoms with Gasteiger partial charge in [0.2, 0.25) is 0 Å². The maximum atomic E-state index is 5.69. The molecule has 1 unspecified atom stereocenters. The summed E-state index contributed by atoms with van der Waals surface area (Å²) in [7, 11) is 1.79. The zero-order valence-electron chi connectivity index (χ0n) is 13.1. The third-order valence-corrected chi connectivity index (χ3v) is 3.74. The summed E-state index contributed by atoms with van der Waals surface area (Å²) in [6, 6.07) is 12.2. The minimum absolute atomic E-state index is 0. The van der Waals surface area contributed by atoms with Crippen molar-refractivity contribution in [3.8, 4) is 5.75 Å². The number of hydrogen-bond acceptors (Lipinski definition) is 3. The average molecular weight is 427 g/mol. The van der Waals surface area contributed by atoms with Crippen LogP contribution < -0.4 is 15.4 Å². The number of ether oxygens (including phenoxy) is 1. The fourth-order valence-electron chi connectivity index (χ4n) is 2.61. The molecule has 1 atom stereocenters. The SMILES string of the molecule is CN=C(NCCc1ccco1)NC1CCOc2ccccc21.I. The van der Waals surface area contributed by atoms with Crippen molar-refractivity contribution in [1.29, 1.82) is 0 Å². The Labute approximate surface area is 153 Å². The highest BCUT2D eigenvalue weighted by Crippen LogP contribution is 2.31. The molecule has 0 aliphatic carbocycles. The first-order valence-electron chi connectivity index (χ1n) is 7.58. The molecule has 6 heteroatoms. The molecule has 124 valence electrons. The molecule has 23 heavy (non-hydrogen) atoms. The van der Waals surface area contributed by atoms with Gasteiger partial charge in [0.1, 0.15) is 11.5 Å². The second-order valence-corrected chi connectivity index (χ2v) is 5.20. The number of guanidine groups is 1. The van der Waals surface area contributed by atoms with Gasteiger partial charge in [-0.05, 0) is 18.2 Å². The topological polar surface area (TPSA) is 58.8 Å². The molecule has 0 amide bonds. The standard InChI is InChI=1S/C17H21N3O2.HI/c1-18-17(19-10-8-13-5-4-11-21-13)20-15-9-12-22-16-7-3-2-6-14(15)16;/h2-7,11,15H,8-10,12H2,1H3,(H2,18,19,20);1H. The number of rotatable bonds is 4. The van der Waals surface area contributed by atoms with Gasteiger partial charge in [0.15, 0.2) is 5.96 Å². The van der Waals surface area contributed by atoms with Gasteiger partial charge in [0.05, 0.1) is 18.9 Å². The normalized spacial score (nSPS) is 16.7. The molecule has 5 nitrogen and oxygen atoms in total. The highest BCUT2D eigenvalue weighted by Gasteiger charge is 2.21. The van der Waals surface area contributed by atoms with E-state index in [1.807, 2.05) is 30.3 Å². The lowest BCUT2D eigenvalue weighted by Gasteiger charge is -2.28. The van der Waals surface area contributed by atoms with Crippen LogP contribution in [-0.4, -0.2) is 26.2 Å². The fraction of sp³-hybridized carbons (Fsp3) is 0.353. The van der Waals surface area contributed by atoms with Crippen LogP contribution in [0.3, 0.4) is 0 Å². The summed E-state index contributed by atoms with van der Waals surface area (Å²) in [5.41, 5.74) is 1.18. The first-order chi connectivity index (χ1) is 10.9. The number of hydrogen-bond donors (Lipinski definition) is 2. The largest absolute Gasteiger partial charge is 0.493 e. The summed E-state index contributed by atoms with van der Waals surface area (Å²) in [6.45, 7) is 1.50. The van der Waals surface area contributed by atoms with Gasteiger partial charge in [-0.1, -0.05) is 18.2 Å². The van der Waals surface area contributed by atoms with Crippen LogP contribution in [0.1, 0.15) is 23.8 Å². The lowest BCUT2D eigenvalue weighted by atomic mass is 10.0. The predicted octanol–water partition coefficient (Wildman–Crippen LogP) is 3.13. The Hall–Kier alpha value is -1.70. The van der Waals surface area contributed by atoms with Crippen molar-refractivity contribution in [2.75, 3.05) is 20.2 Å². The molecule has 0 bridgehead atoms. The second kappa shape index (κ2) is 8.81. The van der Waals surface area contributed by atoms with E-state index < -0.39 is 0 Å². The van der Waals surface area contributed by atoms with Gasteiger partial charge in [0, 0.05) is 32.0 Å². The van der Waals surface area contributed by atoms with Crippen molar-refractivity contribution < 1.29 is 9.15 Å². The molecule has 2 heterocycles. The highest BCUT2D eigenvalue weighted by molar-refractivity contribution is 14.0. The van der Waals surface area contributed by atoms with Crippen LogP contribution in [0, 0.1) is 0 Å². The van der Waals surface area contributed by atoms with Crippen molar-refractivity contribution in [3.05, 3.63) is 54.0 Å². The van der Waals surface area contributed by atoms with E-state index in [-0.39, 0.29) is 30.0 Å². The molecular weight excluding hydrogens is 405 g/mol. The van der Waals surface area contributed by atoms with Gasteiger partial charge < -0.3 is 19.8 Å². The van der Waals surface area contributed by atoms with Crippen LogP contribution >= 0.6 is 24.0 Å². The van der Waals surface area contributed by atoms with E-state index >= 15 is 0 Å². The number of benzene rings is 1. The third-order valence-electron chi connectivity index (χ3n) is 3.74. The quantitative estimate of drug-likeness (QED) is 0.447. The van der Waals surface area contributed by atoms with Crippen LogP contribution in [0.2, 0.25) is 0 Å². The van der Waals surface area contributed by atoms with E-state index in [1.54, 1.807) is 13.3 Å². The third kappa shape index (κ3) is 4.63. The van der Waals surface area contributed by atoms with E-state index in [0.29, 0.717) is 0 Å². The summed E-state index contributed by atoms with van der Waals surface area (Å²) < 4.78 is 11.0. The number of fused-ring (bicyclic) bond motifs is 1. The van der Waals surface area contributed by atoms with Crippen molar-refractivity contribution in [2.45, 2.75) is 18.9 Å². The number of aliphatic imine (C=N–C) groups is 1. The Kier molecular flexibility index (Phi) is 6.76. The average Bonchev–Trinajstić information content (AvgIpc) is 3.07. The zero-order valence-corrected chi connectivity index (χ0v) is 15.4. The zero-order chi connectivity index (χ0) is 15.2. The molecule has 0 fully saturated rings. The molecule has 0 saturated heterocycles. The summed E-state index contributed by atoms with van der Waals surface area (Å²) in [5.74, 6) is 2.73. The molecule has 0 saturated carbocycles. The Morgan fingerprint density at radius 1 is 1.26 bits per heavy atom. The number of halogens is 1. The summed E-state index contributed by atoms with van der Waals surface area (Å²) >= 11 is 0. The predicted molar refractivity (Wildman–Crippen MR) is 102 cm³/mol. The number of nitrogens with one attached hydrogen (secondary N) is 2. The molecule has 0 radical (unpaired) electrons. The molecule has 1 aromatic carbocycles. The Bertz CT molecular complexity index is 629. The van der Waals surface area contributed by atoms with E-state index in [2.05, 4.69) is 21.7 Å². The van der Waals surface area contributed by atoms with E-state index in [1.165, 1.54) is 5.56 Å². The second-order valence-electron chi connectivity index (χ2n) is 5.20. The Balaban J connectivity index is 0.00000192. The van der Waals surface area contributed by atoms with Gasteiger partial charge in [0.25, 0.3) is 0 Å². The summed E-state index contributed by atoms with van der Waals surface area (Å²) in [5, 5.41) is 6.79. The van der Waals surface area contributed by atoms with E-state index in [4.69, 9.17) is 9.15 Å². The van der Waals surface area contributed by atoms with E-state index in [9.17, 15) is 0 Å². The smallest absolute Gasteiger partial charge is 0.191 e. The maximum absolute atomic E-state index is 5.69. The van der Waals surface area contributed by atoms with Crippen molar-refractivity contribution in [2.24, 2.45) is 4.99 Å². The monoisotopic (exact) mass is 427 g/mol. The first-order valence-corrected chi connectivity index (χ1v) is 7.58. The Morgan fingerprint density at radius 2 is 2.13 bits per heavy atom. The van der Waals surface area contributed by atoms with Gasteiger partial charge in [-0.15, -0.1) is 24.0 Å². The summed E-state index contributed by atoms with van der Waals surface area (Å²) in [6.07, 6.45) is 3.45. The number of para-hydroxylation sites is 1. The lowest BCUT2D eigenvalue weighted by molar-refractivity contribution is 0.261. The minimum atomic E-state index is 0. The van der Waals surface area contributed by atoms with Crippen molar-refractivity contribution >= 4 is 29.9 Å². The number of nitrogens with zero attached hydrogens (tertiary/aromatic N) is 1. The van der Waals surface area contributed by atoms with Crippen LogP contribution in [-0.2, 0) is 6.42 Å². The van der Waals surface area contributed by atoms with Gasteiger partial charge in [-0.2, -0.15) is 0 Å². The van der Waals surface area contributed by atoms with Gasteiger partial charge in [-0.25, -0.2) is 0 Å². The first kappa shape index (κ1) is 17.7. The summed E-state index contributed by atoms with van der Waals surface area (Å²) in [4.78, 5) is 4.30.